The highest BCUT2D eigenvalue weighted by Gasteiger charge is 2.16. The number of hydrogen-bond acceptors (Lipinski definition) is 5. The van der Waals surface area contributed by atoms with Crippen LogP contribution in [0.5, 0.6) is 11.5 Å². The number of rotatable bonds is 3. The lowest BCUT2D eigenvalue weighted by molar-refractivity contribution is 0.0943. The molecule has 0 atom stereocenters. The molecular formula is C18H14N2O5. The van der Waals surface area contributed by atoms with Gasteiger partial charge in [-0.2, -0.15) is 0 Å². The Hall–Kier alpha value is -3.48. The Balaban J connectivity index is 1.58. The average molecular weight is 338 g/mol. The summed E-state index contributed by atoms with van der Waals surface area (Å²) in [6.45, 7) is 0.394. The summed E-state index contributed by atoms with van der Waals surface area (Å²) in [4.78, 5) is 24.6. The van der Waals surface area contributed by atoms with Crippen LogP contribution in [-0.2, 0) is 6.54 Å². The summed E-state index contributed by atoms with van der Waals surface area (Å²) in [6.07, 6.45) is 0. The molecule has 0 fully saturated rings. The van der Waals surface area contributed by atoms with Gasteiger partial charge < -0.3 is 20.0 Å². The summed E-state index contributed by atoms with van der Waals surface area (Å²) in [6, 6.07) is 13.6. The predicted octanol–water partition coefficient (Wildman–Crippen LogP) is 1.90. The normalized spacial score (nSPS) is 12.3. The number of fused-ring (bicyclic) bond motifs is 2. The van der Waals surface area contributed by atoms with E-state index in [1.54, 1.807) is 42.5 Å². The molecule has 25 heavy (non-hydrogen) atoms. The largest absolute Gasteiger partial charge is 0.454 e. The van der Waals surface area contributed by atoms with Gasteiger partial charge in [0.1, 0.15) is 5.56 Å². The Morgan fingerprint density at radius 3 is 2.80 bits per heavy atom. The second-order valence-electron chi connectivity index (χ2n) is 5.60. The average Bonchev–Trinajstić information content (AvgIpc) is 3.10. The maximum absolute atomic E-state index is 12.4. The summed E-state index contributed by atoms with van der Waals surface area (Å²) in [5, 5.41) is 13.2. The highest BCUT2D eigenvalue weighted by atomic mass is 16.7. The molecule has 1 amide bonds. The van der Waals surface area contributed by atoms with Crippen LogP contribution < -0.4 is 20.3 Å². The van der Waals surface area contributed by atoms with E-state index < -0.39 is 11.5 Å². The molecule has 0 radical (unpaired) electrons. The van der Waals surface area contributed by atoms with Gasteiger partial charge in [0.25, 0.3) is 11.5 Å². The number of pyridine rings is 1. The summed E-state index contributed by atoms with van der Waals surface area (Å²) in [7, 11) is 0. The van der Waals surface area contributed by atoms with Crippen molar-refractivity contribution in [1.82, 2.24) is 10.0 Å². The number of ether oxygens (including phenoxy) is 2. The Kier molecular flexibility index (Phi) is 3.53. The van der Waals surface area contributed by atoms with Gasteiger partial charge in [0.2, 0.25) is 6.79 Å². The van der Waals surface area contributed by atoms with Gasteiger partial charge >= 0.3 is 0 Å². The molecule has 7 nitrogen and oxygen atoms in total. The quantitative estimate of drug-likeness (QED) is 0.712. The third-order valence-electron chi connectivity index (χ3n) is 4.02. The molecule has 0 aliphatic carbocycles. The van der Waals surface area contributed by atoms with E-state index >= 15 is 0 Å². The molecule has 0 spiro atoms. The van der Waals surface area contributed by atoms with Gasteiger partial charge in [-0.1, -0.05) is 24.3 Å². The highest BCUT2D eigenvalue weighted by molar-refractivity contribution is 5.97. The summed E-state index contributed by atoms with van der Waals surface area (Å²) < 4.78 is 11.0. The van der Waals surface area contributed by atoms with Crippen LogP contribution in [0.3, 0.4) is 0 Å². The van der Waals surface area contributed by atoms with Crippen molar-refractivity contribution >= 4 is 16.8 Å². The number of aromatic nitrogens is 1. The van der Waals surface area contributed by atoms with Crippen molar-refractivity contribution in [3.05, 3.63) is 70.0 Å². The van der Waals surface area contributed by atoms with Crippen LogP contribution in [0.2, 0.25) is 0 Å². The second-order valence-corrected chi connectivity index (χ2v) is 5.60. The van der Waals surface area contributed by atoms with Crippen molar-refractivity contribution in [3.63, 3.8) is 0 Å². The van der Waals surface area contributed by atoms with Crippen molar-refractivity contribution in [3.8, 4) is 11.5 Å². The molecule has 1 aromatic heterocycles. The van der Waals surface area contributed by atoms with E-state index in [0.717, 1.165) is 5.56 Å². The number of carbonyl (C=O) groups is 1. The van der Waals surface area contributed by atoms with E-state index in [0.29, 0.717) is 27.1 Å². The topological polar surface area (TPSA) is 89.8 Å². The zero-order valence-corrected chi connectivity index (χ0v) is 13.1. The highest BCUT2D eigenvalue weighted by Crippen LogP contribution is 2.32. The fraction of sp³-hybridized carbons (Fsp3) is 0.111. The molecule has 0 bridgehead atoms. The lowest BCUT2D eigenvalue weighted by atomic mass is 10.1. The summed E-state index contributed by atoms with van der Waals surface area (Å²) in [5.74, 6) is 0.721. The predicted molar refractivity (Wildman–Crippen MR) is 89.1 cm³/mol. The first-order valence-corrected chi connectivity index (χ1v) is 7.64. The van der Waals surface area contributed by atoms with E-state index in [9.17, 15) is 14.8 Å². The lowest BCUT2D eigenvalue weighted by Crippen LogP contribution is -2.32. The van der Waals surface area contributed by atoms with E-state index in [1.807, 2.05) is 0 Å². The van der Waals surface area contributed by atoms with Crippen molar-refractivity contribution in [1.29, 1.82) is 0 Å². The van der Waals surface area contributed by atoms with Crippen molar-refractivity contribution in [2.24, 2.45) is 0 Å². The molecule has 0 saturated heterocycles. The van der Waals surface area contributed by atoms with Gasteiger partial charge in [0, 0.05) is 11.9 Å². The van der Waals surface area contributed by atoms with Crippen LogP contribution in [0.15, 0.2) is 53.3 Å². The maximum Gasteiger partial charge on any atom is 0.296 e. The first-order chi connectivity index (χ1) is 12.1. The molecule has 0 saturated carbocycles. The van der Waals surface area contributed by atoms with Crippen LogP contribution in [0, 0.1) is 0 Å². The number of nitrogens with zero attached hydrogens (tertiary/aromatic N) is 1. The number of hydrogen-bond donors (Lipinski definition) is 2. The first kappa shape index (κ1) is 15.1. The van der Waals surface area contributed by atoms with Crippen molar-refractivity contribution in [2.75, 3.05) is 6.79 Å². The molecule has 2 N–H and O–H groups in total. The van der Waals surface area contributed by atoms with Gasteiger partial charge in [-0.05, 0) is 29.8 Å². The van der Waals surface area contributed by atoms with E-state index in [1.165, 1.54) is 6.07 Å². The molecule has 1 aliphatic rings. The Bertz CT molecular complexity index is 1040. The van der Waals surface area contributed by atoms with Crippen LogP contribution >= 0.6 is 0 Å². The molecule has 3 aromatic rings. The summed E-state index contributed by atoms with van der Waals surface area (Å²) in [5.41, 5.74) is 0.270. The van der Waals surface area contributed by atoms with Gasteiger partial charge in [-0.15, -0.1) is 4.73 Å². The minimum Gasteiger partial charge on any atom is -0.454 e. The Morgan fingerprint density at radius 1 is 1.12 bits per heavy atom. The number of para-hydroxylation sites is 1. The zero-order chi connectivity index (χ0) is 17.4. The third kappa shape index (κ3) is 2.65. The van der Waals surface area contributed by atoms with Gasteiger partial charge in [0.05, 0.1) is 5.52 Å². The fourth-order valence-electron chi connectivity index (χ4n) is 2.73. The van der Waals surface area contributed by atoms with Crippen molar-refractivity contribution in [2.45, 2.75) is 6.54 Å². The molecule has 2 aromatic carbocycles. The van der Waals surface area contributed by atoms with Crippen LogP contribution in [0.1, 0.15) is 15.9 Å². The SMILES string of the molecule is O=C(NCc1ccc2c(c1)OCO2)c1cc2ccccc2n(O)c1=O. The summed E-state index contributed by atoms with van der Waals surface area (Å²) >= 11 is 0. The maximum atomic E-state index is 12.4. The van der Waals surface area contributed by atoms with Gasteiger partial charge in [0.15, 0.2) is 11.5 Å². The molecule has 126 valence electrons. The van der Waals surface area contributed by atoms with Crippen molar-refractivity contribution < 1.29 is 19.5 Å². The van der Waals surface area contributed by atoms with E-state index in [4.69, 9.17) is 9.47 Å². The minimum absolute atomic E-state index is 0.123. The third-order valence-corrected chi connectivity index (χ3v) is 4.02. The number of nitrogens with one attached hydrogen (secondary N) is 1. The lowest BCUT2D eigenvalue weighted by Gasteiger charge is -2.09. The standard InChI is InChI=1S/C18H14N2O5/c21-17(19-9-11-5-6-15-16(7-11)25-10-24-15)13-8-12-3-1-2-4-14(12)20(23)18(13)22/h1-8,23H,9-10H2,(H,19,21). The van der Waals surface area contributed by atoms with Crippen LogP contribution in [0.25, 0.3) is 10.9 Å². The molecule has 7 heteroatoms. The smallest absolute Gasteiger partial charge is 0.296 e. The minimum atomic E-state index is -0.762. The van der Waals surface area contributed by atoms with Crippen LogP contribution in [-0.4, -0.2) is 22.6 Å². The Labute approximate surface area is 142 Å². The van der Waals surface area contributed by atoms with Gasteiger partial charge in [-0.3, -0.25) is 9.59 Å². The molecule has 0 unspecified atom stereocenters. The zero-order valence-electron chi connectivity index (χ0n) is 13.1. The molecule has 1 aliphatic heterocycles. The number of amides is 1. The number of benzene rings is 2. The first-order valence-electron chi connectivity index (χ1n) is 7.64. The van der Waals surface area contributed by atoms with Crippen LogP contribution in [0.4, 0.5) is 0 Å². The monoisotopic (exact) mass is 338 g/mol. The van der Waals surface area contributed by atoms with E-state index in [-0.39, 0.29) is 18.9 Å². The second kappa shape index (κ2) is 5.86. The van der Waals surface area contributed by atoms with Gasteiger partial charge in [-0.25, -0.2) is 0 Å². The fourth-order valence-corrected chi connectivity index (χ4v) is 2.73. The number of carbonyl (C=O) groups excluding carboxylic acids is 1. The molecule has 4 rings (SSSR count). The molecular weight excluding hydrogens is 324 g/mol. The molecule has 2 heterocycles. The Morgan fingerprint density at radius 2 is 1.92 bits per heavy atom. The van der Waals surface area contributed by atoms with E-state index in [2.05, 4.69) is 5.32 Å².